The van der Waals surface area contributed by atoms with E-state index in [1.54, 1.807) is 19.1 Å². The quantitative estimate of drug-likeness (QED) is 0.917. The number of carbonyl (C=O) groups excluding carboxylic acids is 1. The summed E-state index contributed by atoms with van der Waals surface area (Å²) in [5.41, 5.74) is 0.322. The first kappa shape index (κ1) is 13.9. The molecule has 1 aromatic carbocycles. The van der Waals surface area contributed by atoms with Crippen LogP contribution in [0.5, 0.6) is 0 Å². The van der Waals surface area contributed by atoms with E-state index in [0.29, 0.717) is 10.5 Å². The average molecular weight is 276 g/mol. The maximum absolute atomic E-state index is 12.3. The van der Waals surface area contributed by atoms with Crippen molar-refractivity contribution in [3.8, 4) is 0 Å². The molecule has 1 unspecified atom stereocenters. The number of benzene rings is 1. The molecule has 0 heterocycles. The van der Waals surface area contributed by atoms with Crippen molar-refractivity contribution < 1.29 is 14.1 Å². The van der Waals surface area contributed by atoms with Crippen LogP contribution in [0.15, 0.2) is 53.0 Å². The first-order valence-corrected chi connectivity index (χ1v) is 7.32. The summed E-state index contributed by atoms with van der Waals surface area (Å²) in [6.45, 7) is 3.64. The van der Waals surface area contributed by atoms with Crippen LogP contribution in [0.2, 0.25) is 0 Å². The lowest BCUT2D eigenvalue weighted by molar-refractivity contribution is -0.110. The van der Waals surface area contributed by atoms with Crippen LogP contribution in [-0.4, -0.2) is 26.5 Å². The summed E-state index contributed by atoms with van der Waals surface area (Å²) < 4.78 is 12.3. The standard InChI is InChI=1S/C15H16O3S/c1-11-3-5-14(6-4-11)19(18)10-15(17)8-7-13(16)9-12(15)2/h3-9,17H,10H2,1-2H3/t15-,19?/m0/s1. The minimum atomic E-state index is -1.31. The van der Waals surface area contributed by atoms with Crippen LogP contribution in [0.4, 0.5) is 0 Å². The van der Waals surface area contributed by atoms with Crippen LogP contribution in [0, 0.1) is 6.92 Å². The van der Waals surface area contributed by atoms with E-state index in [9.17, 15) is 14.1 Å². The van der Waals surface area contributed by atoms with Crippen molar-refractivity contribution in [2.45, 2.75) is 24.3 Å². The van der Waals surface area contributed by atoms with Crippen LogP contribution in [0.3, 0.4) is 0 Å². The molecular weight excluding hydrogens is 260 g/mol. The van der Waals surface area contributed by atoms with Gasteiger partial charge in [-0.15, -0.1) is 0 Å². The van der Waals surface area contributed by atoms with Gasteiger partial charge in [0, 0.05) is 4.90 Å². The predicted octanol–water partition coefficient (Wildman–Crippen LogP) is 1.92. The number of hydrogen-bond donors (Lipinski definition) is 1. The molecule has 0 radical (unpaired) electrons. The molecule has 0 fully saturated rings. The number of hydrogen-bond acceptors (Lipinski definition) is 3. The van der Waals surface area contributed by atoms with E-state index in [1.807, 2.05) is 19.1 Å². The van der Waals surface area contributed by atoms with E-state index in [0.717, 1.165) is 5.56 Å². The number of aliphatic hydroxyl groups is 1. The summed E-state index contributed by atoms with van der Waals surface area (Å²) in [5.74, 6) is -0.0920. The topological polar surface area (TPSA) is 54.4 Å². The van der Waals surface area contributed by atoms with Crippen LogP contribution < -0.4 is 0 Å². The van der Waals surface area contributed by atoms with E-state index in [1.165, 1.54) is 18.2 Å². The Labute approximate surface area is 115 Å². The highest BCUT2D eigenvalue weighted by Gasteiger charge is 2.31. The molecule has 3 nitrogen and oxygen atoms in total. The fourth-order valence-corrected chi connectivity index (χ4v) is 3.20. The van der Waals surface area contributed by atoms with Gasteiger partial charge in [0.1, 0.15) is 5.60 Å². The summed E-state index contributed by atoms with van der Waals surface area (Å²) in [6, 6.07) is 7.37. The highest BCUT2D eigenvalue weighted by molar-refractivity contribution is 7.85. The zero-order chi connectivity index (χ0) is 14.0. The van der Waals surface area contributed by atoms with Gasteiger partial charge >= 0.3 is 0 Å². The van der Waals surface area contributed by atoms with E-state index in [2.05, 4.69) is 0 Å². The van der Waals surface area contributed by atoms with Gasteiger partial charge in [-0.1, -0.05) is 17.7 Å². The Morgan fingerprint density at radius 2 is 1.84 bits per heavy atom. The Morgan fingerprint density at radius 3 is 2.42 bits per heavy atom. The summed E-state index contributed by atoms with van der Waals surface area (Å²) in [6.07, 6.45) is 4.13. The van der Waals surface area contributed by atoms with Crippen molar-refractivity contribution in [2.75, 3.05) is 5.75 Å². The van der Waals surface area contributed by atoms with Crippen molar-refractivity contribution in [1.82, 2.24) is 0 Å². The third-order valence-corrected chi connectivity index (χ3v) is 4.70. The molecule has 1 aliphatic rings. The maximum Gasteiger partial charge on any atom is 0.178 e. The smallest absolute Gasteiger partial charge is 0.178 e. The average Bonchev–Trinajstić information content (AvgIpc) is 2.35. The summed E-state index contributed by atoms with van der Waals surface area (Å²) in [5, 5.41) is 10.4. The molecule has 2 rings (SSSR count). The number of allylic oxidation sites excluding steroid dienone is 2. The first-order valence-electron chi connectivity index (χ1n) is 6.00. The Morgan fingerprint density at radius 1 is 1.21 bits per heavy atom. The lowest BCUT2D eigenvalue weighted by Gasteiger charge is -2.27. The second-order valence-corrected chi connectivity index (χ2v) is 6.24. The van der Waals surface area contributed by atoms with Gasteiger partial charge in [-0.3, -0.25) is 9.00 Å². The zero-order valence-electron chi connectivity index (χ0n) is 10.9. The molecule has 1 aliphatic carbocycles. The molecule has 1 aromatic rings. The van der Waals surface area contributed by atoms with E-state index >= 15 is 0 Å². The van der Waals surface area contributed by atoms with Gasteiger partial charge in [-0.05, 0) is 49.8 Å². The predicted molar refractivity (Wildman–Crippen MR) is 75.3 cm³/mol. The van der Waals surface area contributed by atoms with E-state index in [4.69, 9.17) is 0 Å². The summed E-state index contributed by atoms with van der Waals surface area (Å²) >= 11 is 0. The Balaban J connectivity index is 2.19. The lowest BCUT2D eigenvalue weighted by Crippen LogP contribution is -2.36. The molecule has 19 heavy (non-hydrogen) atoms. The Bertz CT molecular complexity index is 584. The molecule has 0 spiro atoms. The van der Waals surface area contributed by atoms with Crippen LogP contribution in [-0.2, 0) is 15.6 Å². The normalized spacial score (nSPS) is 24.2. The Hall–Kier alpha value is -1.52. The van der Waals surface area contributed by atoms with E-state index < -0.39 is 16.4 Å². The number of aryl methyl sites for hydroxylation is 1. The monoisotopic (exact) mass is 276 g/mol. The molecule has 100 valence electrons. The second-order valence-electron chi connectivity index (χ2n) is 4.79. The van der Waals surface area contributed by atoms with Crippen LogP contribution >= 0.6 is 0 Å². The highest BCUT2D eigenvalue weighted by atomic mass is 32.2. The van der Waals surface area contributed by atoms with Gasteiger partial charge < -0.3 is 5.11 Å². The molecule has 0 saturated carbocycles. The maximum atomic E-state index is 12.3. The fraction of sp³-hybridized carbons (Fsp3) is 0.267. The van der Waals surface area contributed by atoms with Crippen LogP contribution in [0.1, 0.15) is 12.5 Å². The molecule has 1 N–H and O–H groups in total. The van der Waals surface area contributed by atoms with Crippen molar-refractivity contribution in [1.29, 1.82) is 0 Å². The molecule has 0 aromatic heterocycles. The van der Waals surface area contributed by atoms with Gasteiger partial charge in [0.25, 0.3) is 0 Å². The second kappa shape index (κ2) is 5.23. The molecule has 0 aliphatic heterocycles. The van der Waals surface area contributed by atoms with E-state index in [-0.39, 0.29) is 11.5 Å². The van der Waals surface area contributed by atoms with Gasteiger partial charge in [0.05, 0.1) is 16.6 Å². The number of rotatable bonds is 3. The largest absolute Gasteiger partial charge is 0.380 e. The van der Waals surface area contributed by atoms with Gasteiger partial charge in [0.2, 0.25) is 0 Å². The lowest BCUT2D eigenvalue weighted by atomic mass is 9.91. The molecular formula is C15H16O3S. The van der Waals surface area contributed by atoms with Crippen molar-refractivity contribution in [3.05, 3.63) is 53.6 Å². The molecule has 0 amide bonds. The summed E-state index contributed by atoms with van der Waals surface area (Å²) in [7, 11) is -1.31. The number of carbonyl (C=O) groups is 1. The molecule has 0 saturated heterocycles. The van der Waals surface area contributed by atoms with Gasteiger partial charge in [-0.2, -0.15) is 0 Å². The first-order chi connectivity index (χ1) is 8.90. The van der Waals surface area contributed by atoms with Crippen molar-refractivity contribution >= 4 is 16.6 Å². The minimum Gasteiger partial charge on any atom is -0.380 e. The van der Waals surface area contributed by atoms with Gasteiger partial charge in [-0.25, -0.2) is 0 Å². The Kier molecular flexibility index (Phi) is 3.83. The van der Waals surface area contributed by atoms with Crippen molar-refractivity contribution in [2.24, 2.45) is 0 Å². The molecule has 2 atom stereocenters. The third kappa shape index (κ3) is 3.08. The minimum absolute atomic E-state index is 0.0577. The third-order valence-electron chi connectivity index (χ3n) is 3.20. The van der Waals surface area contributed by atoms with Crippen LogP contribution in [0.25, 0.3) is 0 Å². The fourth-order valence-electron chi connectivity index (χ4n) is 1.87. The molecule has 4 heteroatoms. The number of ketones is 1. The molecule has 0 bridgehead atoms. The van der Waals surface area contributed by atoms with Crippen molar-refractivity contribution in [3.63, 3.8) is 0 Å². The SMILES string of the molecule is CC1=CC(=O)C=C[C@]1(O)CS(=O)c1ccc(C)cc1. The highest BCUT2D eigenvalue weighted by Crippen LogP contribution is 2.25. The van der Waals surface area contributed by atoms with Gasteiger partial charge in [0.15, 0.2) is 5.78 Å². The zero-order valence-corrected chi connectivity index (χ0v) is 11.7. The summed E-state index contributed by atoms with van der Waals surface area (Å²) in [4.78, 5) is 11.9.